The van der Waals surface area contributed by atoms with Crippen molar-refractivity contribution in [3.63, 3.8) is 0 Å². The molecule has 1 aliphatic heterocycles. The van der Waals surface area contributed by atoms with E-state index in [1.54, 1.807) is 24.3 Å². The zero-order chi connectivity index (χ0) is 15.1. The summed E-state index contributed by atoms with van der Waals surface area (Å²) in [6.07, 6.45) is 2.37. The first-order chi connectivity index (χ1) is 10.1. The van der Waals surface area contributed by atoms with E-state index in [4.69, 9.17) is 22.7 Å². The molecule has 4 nitrogen and oxygen atoms in total. The molecule has 1 aromatic carbocycles. The predicted octanol–water partition coefficient (Wildman–Crippen LogP) is 1.96. The topological polar surface area (TPSA) is 64.3 Å². The molecule has 0 saturated carbocycles. The number of thioether (sulfide) groups is 1. The third-order valence-corrected chi connectivity index (χ3v) is 4.72. The maximum Gasteiger partial charge on any atom is 0.257 e. The van der Waals surface area contributed by atoms with Crippen LogP contribution in [-0.4, -0.2) is 35.6 Å². The molecule has 114 valence electrons. The van der Waals surface area contributed by atoms with Crippen LogP contribution >= 0.6 is 24.0 Å². The normalized spacial score (nSPS) is 15.4. The number of hydrogen-bond donors (Lipinski definition) is 2. The molecule has 0 unspecified atom stereocenters. The number of carbonyl (C=O) groups excluding carboxylic acids is 1. The molecular formula is C15H20N2O2S2. The van der Waals surface area contributed by atoms with Crippen LogP contribution in [-0.2, 0) is 4.79 Å². The third kappa shape index (κ3) is 5.55. The Morgan fingerprint density at radius 3 is 2.62 bits per heavy atom. The fourth-order valence-electron chi connectivity index (χ4n) is 2.12. The van der Waals surface area contributed by atoms with Crippen molar-refractivity contribution in [1.29, 1.82) is 0 Å². The van der Waals surface area contributed by atoms with Gasteiger partial charge < -0.3 is 15.8 Å². The lowest BCUT2D eigenvalue weighted by atomic mass is 10.0. The van der Waals surface area contributed by atoms with Crippen LogP contribution in [0.3, 0.4) is 0 Å². The van der Waals surface area contributed by atoms with Crippen LogP contribution in [0.15, 0.2) is 24.3 Å². The molecular weight excluding hydrogens is 304 g/mol. The molecule has 0 spiro atoms. The largest absolute Gasteiger partial charge is 0.484 e. The summed E-state index contributed by atoms with van der Waals surface area (Å²) in [7, 11) is 0. The summed E-state index contributed by atoms with van der Waals surface area (Å²) in [4.78, 5) is 12.1. The fourth-order valence-corrected chi connectivity index (χ4v) is 3.46. The Bertz CT molecular complexity index is 485. The van der Waals surface area contributed by atoms with Gasteiger partial charge in [-0.25, -0.2) is 0 Å². The van der Waals surface area contributed by atoms with E-state index < -0.39 is 0 Å². The molecule has 0 radical (unpaired) electrons. The Morgan fingerprint density at radius 1 is 1.33 bits per heavy atom. The van der Waals surface area contributed by atoms with E-state index >= 15 is 0 Å². The molecule has 1 aliphatic rings. The number of nitrogens with one attached hydrogen (secondary N) is 1. The van der Waals surface area contributed by atoms with E-state index in [-0.39, 0.29) is 12.5 Å². The van der Waals surface area contributed by atoms with Crippen molar-refractivity contribution < 1.29 is 9.53 Å². The van der Waals surface area contributed by atoms with Crippen molar-refractivity contribution in [1.82, 2.24) is 5.32 Å². The van der Waals surface area contributed by atoms with Gasteiger partial charge in [0.05, 0.1) is 0 Å². The highest BCUT2D eigenvalue weighted by molar-refractivity contribution is 7.99. The van der Waals surface area contributed by atoms with Gasteiger partial charge in [0.15, 0.2) is 6.61 Å². The summed E-state index contributed by atoms with van der Waals surface area (Å²) >= 11 is 6.87. The lowest BCUT2D eigenvalue weighted by Gasteiger charge is -2.21. The van der Waals surface area contributed by atoms with Gasteiger partial charge >= 0.3 is 0 Å². The predicted molar refractivity (Wildman–Crippen MR) is 90.9 cm³/mol. The van der Waals surface area contributed by atoms with E-state index in [1.165, 1.54) is 24.3 Å². The number of carbonyl (C=O) groups is 1. The van der Waals surface area contributed by atoms with Crippen LogP contribution < -0.4 is 15.8 Å². The Hall–Kier alpha value is -1.27. The molecule has 6 heteroatoms. The second-order valence-electron chi connectivity index (χ2n) is 5.04. The van der Waals surface area contributed by atoms with Gasteiger partial charge in [0.25, 0.3) is 5.91 Å². The van der Waals surface area contributed by atoms with E-state index in [1.807, 2.05) is 11.8 Å². The lowest BCUT2D eigenvalue weighted by Crippen LogP contribution is -2.34. The van der Waals surface area contributed by atoms with Gasteiger partial charge in [-0.2, -0.15) is 11.8 Å². The monoisotopic (exact) mass is 324 g/mol. The molecule has 1 fully saturated rings. The second kappa shape index (κ2) is 8.24. The molecule has 0 bridgehead atoms. The minimum atomic E-state index is -0.0772. The highest BCUT2D eigenvalue weighted by Crippen LogP contribution is 2.21. The Labute approximate surface area is 134 Å². The average Bonchev–Trinajstić information content (AvgIpc) is 2.52. The molecule has 21 heavy (non-hydrogen) atoms. The fraction of sp³-hybridized carbons (Fsp3) is 0.467. The zero-order valence-electron chi connectivity index (χ0n) is 11.8. The van der Waals surface area contributed by atoms with Gasteiger partial charge in [-0.15, -0.1) is 0 Å². The standard InChI is InChI=1S/C15H20N2O2S2/c16-15(20)12-1-3-13(4-2-12)19-10-14(18)17-9-11-5-7-21-8-6-11/h1-4,11H,5-10H2,(H2,16,20)(H,17,18). The van der Waals surface area contributed by atoms with Crippen LogP contribution in [0, 0.1) is 5.92 Å². The highest BCUT2D eigenvalue weighted by Gasteiger charge is 2.14. The van der Waals surface area contributed by atoms with E-state index in [0.29, 0.717) is 16.7 Å². The summed E-state index contributed by atoms with van der Waals surface area (Å²) < 4.78 is 5.44. The first-order valence-corrected chi connectivity index (χ1v) is 8.58. The maximum absolute atomic E-state index is 11.8. The van der Waals surface area contributed by atoms with Gasteiger partial charge in [-0.05, 0) is 54.5 Å². The van der Waals surface area contributed by atoms with Crippen molar-refractivity contribution in [3.8, 4) is 5.75 Å². The number of thiocarbonyl (C=S) groups is 1. The molecule has 1 amide bonds. The van der Waals surface area contributed by atoms with Crippen molar-refractivity contribution in [2.75, 3.05) is 24.7 Å². The molecule has 1 heterocycles. The van der Waals surface area contributed by atoms with Crippen LogP contribution in [0.2, 0.25) is 0 Å². The van der Waals surface area contributed by atoms with Gasteiger partial charge in [0, 0.05) is 12.1 Å². The number of benzene rings is 1. The van der Waals surface area contributed by atoms with E-state index in [2.05, 4.69) is 5.32 Å². The van der Waals surface area contributed by atoms with Crippen molar-refractivity contribution in [2.45, 2.75) is 12.8 Å². The quantitative estimate of drug-likeness (QED) is 0.783. The number of hydrogen-bond acceptors (Lipinski definition) is 4. The summed E-state index contributed by atoms with van der Waals surface area (Å²) in [6, 6.07) is 7.10. The Kier molecular flexibility index (Phi) is 6.32. The van der Waals surface area contributed by atoms with Crippen LogP contribution in [0.5, 0.6) is 5.75 Å². The van der Waals surface area contributed by atoms with Gasteiger partial charge in [0.1, 0.15) is 10.7 Å². The number of amides is 1. The third-order valence-electron chi connectivity index (χ3n) is 3.44. The Balaban J connectivity index is 1.69. The molecule has 0 aromatic heterocycles. The minimum Gasteiger partial charge on any atom is -0.484 e. The molecule has 2 rings (SSSR count). The van der Waals surface area contributed by atoms with Gasteiger partial charge in [-0.3, -0.25) is 4.79 Å². The van der Waals surface area contributed by atoms with E-state index in [9.17, 15) is 4.79 Å². The van der Waals surface area contributed by atoms with Gasteiger partial charge in [-0.1, -0.05) is 12.2 Å². The first kappa shape index (κ1) is 16.1. The van der Waals surface area contributed by atoms with Crippen molar-refractivity contribution >= 4 is 34.9 Å². The molecule has 0 atom stereocenters. The summed E-state index contributed by atoms with van der Waals surface area (Å²) in [6.45, 7) is 0.789. The first-order valence-electron chi connectivity index (χ1n) is 7.02. The summed E-state index contributed by atoms with van der Waals surface area (Å²) in [5, 5.41) is 2.94. The van der Waals surface area contributed by atoms with Crippen LogP contribution in [0.1, 0.15) is 18.4 Å². The van der Waals surface area contributed by atoms with Crippen molar-refractivity contribution in [3.05, 3.63) is 29.8 Å². The number of rotatable bonds is 6. The van der Waals surface area contributed by atoms with Crippen molar-refractivity contribution in [2.24, 2.45) is 11.7 Å². The molecule has 1 aromatic rings. The number of nitrogens with two attached hydrogens (primary N) is 1. The molecule has 3 N–H and O–H groups in total. The molecule has 0 aliphatic carbocycles. The SMILES string of the molecule is NC(=S)c1ccc(OCC(=O)NCC2CCSCC2)cc1. The minimum absolute atomic E-state index is 0.0356. The molecule has 1 saturated heterocycles. The number of ether oxygens (including phenoxy) is 1. The smallest absolute Gasteiger partial charge is 0.257 e. The van der Waals surface area contributed by atoms with Crippen LogP contribution in [0.25, 0.3) is 0 Å². The second-order valence-corrected chi connectivity index (χ2v) is 6.70. The maximum atomic E-state index is 11.8. The summed E-state index contributed by atoms with van der Waals surface area (Å²) in [5.41, 5.74) is 6.31. The zero-order valence-corrected chi connectivity index (χ0v) is 13.5. The average molecular weight is 324 g/mol. The van der Waals surface area contributed by atoms with Gasteiger partial charge in [0.2, 0.25) is 0 Å². The Morgan fingerprint density at radius 2 is 2.00 bits per heavy atom. The van der Waals surface area contributed by atoms with Crippen LogP contribution in [0.4, 0.5) is 0 Å². The summed E-state index contributed by atoms with van der Waals surface area (Å²) in [5.74, 6) is 3.57. The lowest BCUT2D eigenvalue weighted by molar-refractivity contribution is -0.123. The van der Waals surface area contributed by atoms with E-state index in [0.717, 1.165) is 12.1 Å². The highest BCUT2D eigenvalue weighted by atomic mass is 32.2.